The van der Waals surface area contributed by atoms with E-state index in [1.807, 2.05) is 0 Å². The standard InChI is InChI=1S/C53H48/c1-51(2,3)38-27-29-44-45-30-28-39(52(4,5)6)34-48(45)50(47(44)33-38)53(36-19-9-7-10-20-36,37-21-11-8-12-22-37)49-32-31-43-42(25-16-26-46(43)49)41-24-15-18-35-17-13-14-23-40(35)41/h7-34,49-50H,1-6H3. The van der Waals surface area contributed by atoms with Crippen LogP contribution in [0.5, 0.6) is 0 Å². The molecule has 7 aromatic carbocycles. The third kappa shape index (κ3) is 5.26. The first kappa shape index (κ1) is 33.4. The van der Waals surface area contributed by atoms with Gasteiger partial charge in [-0.05, 0) is 88.4 Å². The van der Waals surface area contributed by atoms with Gasteiger partial charge in [-0.25, -0.2) is 0 Å². The van der Waals surface area contributed by atoms with Crippen molar-refractivity contribution in [2.24, 2.45) is 0 Å². The Balaban J connectivity index is 1.39. The lowest BCUT2D eigenvalue weighted by atomic mass is 9.55. The Morgan fingerprint density at radius 3 is 1.49 bits per heavy atom. The number of allylic oxidation sites excluding steroid dienone is 1. The first-order valence-corrected chi connectivity index (χ1v) is 19.3. The maximum absolute atomic E-state index is 2.56. The molecule has 0 aromatic heterocycles. The molecule has 0 nitrogen and oxygen atoms in total. The molecule has 0 saturated carbocycles. The smallest absolute Gasteiger partial charge is 0.0415 e. The van der Waals surface area contributed by atoms with E-state index in [0.717, 1.165) is 0 Å². The van der Waals surface area contributed by atoms with E-state index >= 15 is 0 Å². The number of hydrogen-bond donors (Lipinski definition) is 0. The van der Waals surface area contributed by atoms with Crippen LogP contribution in [0.3, 0.4) is 0 Å². The van der Waals surface area contributed by atoms with E-state index in [2.05, 4.69) is 211 Å². The molecule has 2 aliphatic carbocycles. The van der Waals surface area contributed by atoms with Gasteiger partial charge in [-0.3, -0.25) is 0 Å². The summed E-state index contributed by atoms with van der Waals surface area (Å²) in [5, 5.41) is 2.56. The molecule has 0 N–H and O–H groups in total. The zero-order chi connectivity index (χ0) is 36.5. The van der Waals surface area contributed by atoms with Crippen LogP contribution in [0.15, 0.2) is 164 Å². The van der Waals surface area contributed by atoms with Gasteiger partial charge in [0.2, 0.25) is 0 Å². The molecule has 0 bridgehead atoms. The number of hydrogen-bond acceptors (Lipinski definition) is 0. The first-order valence-electron chi connectivity index (χ1n) is 19.3. The van der Waals surface area contributed by atoms with Crippen molar-refractivity contribution in [2.45, 2.75) is 69.6 Å². The molecular weight excluding hydrogens is 637 g/mol. The van der Waals surface area contributed by atoms with Crippen molar-refractivity contribution < 1.29 is 0 Å². The summed E-state index contributed by atoms with van der Waals surface area (Å²) in [6, 6.07) is 60.1. The molecule has 0 heterocycles. The lowest BCUT2D eigenvalue weighted by Crippen LogP contribution is -2.40. The Labute approximate surface area is 315 Å². The number of benzene rings is 7. The van der Waals surface area contributed by atoms with Crippen molar-refractivity contribution in [3.05, 3.63) is 208 Å². The van der Waals surface area contributed by atoms with Crippen LogP contribution in [0, 0.1) is 0 Å². The molecule has 0 saturated heterocycles. The lowest BCUT2D eigenvalue weighted by Gasteiger charge is -2.46. The molecule has 0 fully saturated rings. The Hall–Kier alpha value is -5.46. The molecule has 0 radical (unpaired) electrons. The molecule has 2 aliphatic rings. The fraction of sp³-hybridized carbons (Fsp3) is 0.208. The minimum absolute atomic E-state index is 0.0142. The summed E-state index contributed by atoms with van der Waals surface area (Å²) < 4.78 is 0. The average molecular weight is 685 g/mol. The predicted octanol–water partition coefficient (Wildman–Crippen LogP) is 14.0. The Bertz CT molecular complexity index is 2410. The van der Waals surface area contributed by atoms with E-state index in [9.17, 15) is 0 Å². The van der Waals surface area contributed by atoms with Crippen LogP contribution >= 0.6 is 0 Å². The van der Waals surface area contributed by atoms with Crippen molar-refractivity contribution in [2.75, 3.05) is 0 Å². The summed E-state index contributed by atoms with van der Waals surface area (Å²) in [7, 11) is 0. The summed E-state index contributed by atoms with van der Waals surface area (Å²) in [4.78, 5) is 0. The first-order chi connectivity index (χ1) is 25.6. The number of fused-ring (bicyclic) bond motifs is 5. The van der Waals surface area contributed by atoms with Gasteiger partial charge in [-0.1, -0.05) is 211 Å². The molecule has 9 rings (SSSR count). The van der Waals surface area contributed by atoms with Gasteiger partial charge in [-0.15, -0.1) is 0 Å². The van der Waals surface area contributed by atoms with E-state index in [4.69, 9.17) is 0 Å². The summed E-state index contributed by atoms with van der Waals surface area (Å²) >= 11 is 0. The SMILES string of the molecule is CC(C)(C)c1ccc2c(c1)C(C(c1ccccc1)(c1ccccc1)C1C=Cc3c(-c4cccc5ccccc45)cccc31)c1cc(C(C)(C)C)ccc1-2. The largest absolute Gasteiger partial charge is 0.0751 e. The number of rotatable bonds is 5. The normalized spacial score (nSPS) is 15.4. The minimum atomic E-state index is -0.464. The molecule has 1 unspecified atom stereocenters. The van der Waals surface area contributed by atoms with Gasteiger partial charge in [0.1, 0.15) is 0 Å². The minimum Gasteiger partial charge on any atom is -0.0751 e. The Kier molecular flexibility index (Phi) is 7.75. The third-order valence-corrected chi connectivity index (χ3v) is 12.2. The van der Waals surface area contributed by atoms with E-state index in [1.54, 1.807) is 0 Å². The highest BCUT2D eigenvalue weighted by molar-refractivity contribution is 5.99. The molecule has 0 spiro atoms. The molecule has 0 amide bonds. The zero-order valence-electron chi connectivity index (χ0n) is 31.8. The molecule has 260 valence electrons. The van der Waals surface area contributed by atoms with Crippen molar-refractivity contribution in [3.8, 4) is 22.3 Å². The fourth-order valence-electron chi connectivity index (χ4n) is 9.58. The Morgan fingerprint density at radius 2 is 0.906 bits per heavy atom. The van der Waals surface area contributed by atoms with Crippen molar-refractivity contribution in [3.63, 3.8) is 0 Å². The van der Waals surface area contributed by atoms with Gasteiger partial charge in [0.05, 0.1) is 0 Å². The second kappa shape index (κ2) is 12.3. The van der Waals surface area contributed by atoms with Gasteiger partial charge in [0, 0.05) is 17.3 Å². The zero-order valence-corrected chi connectivity index (χ0v) is 31.8. The van der Waals surface area contributed by atoms with Crippen molar-refractivity contribution in [1.29, 1.82) is 0 Å². The van der Waals surface area contributed by atoms with Gasteiger partial charge in [0.15, 0.2) is 0 Å². The fourth-order valence-corrected chi connectivity index (χ4v) is 9.58. The van der Waals surface area contributed by atoms with Gasteiger partial charge in [0.25, 0.3) is 0 Å². The van der Waals surface area contributed by atoms with Gasteiger partial charge >= 0.3 is 0 Å². The van der Waals surface area contributed by atoms with E-state index in [-0.39, 0.29) is 22.7 Å². The topological polar surface area (TPSA) is 0 Å². The van der Waals surface area contributed by atoms with E-state index in [0.29, 0.717) is 0 Å². The van der Waals surface area contributed by atoms with Crippen LogP contribution in [0.4, 0.5) is 0 Å². The van der Waals surface area contributed by atoms with E-state index in [1.165, 1.54) is 77.5 Å². The molecule has 7 aromatic rings. The van der Waals surface area contributed by atoms with Crippen molar-refractivity contribution in [1.82, 2.24) is 0 Å². The van der Waals surface area contributed by atoms with Gasteiger partial charge < -0.3 is 0 Å². The maximum atomic E-state index is 2.56. The molecule has 0 aliphatic heterocycles. The van der Waals surface area contributed by atoms with Crippen LogP contribution in [0.2, 0.25) is 0 Å². The molecule has 1 atom stereocenters. The van der Waals surface area contributed by atoms with E-state index < -0.39 is 5.41 Å². The summed E-state index contributed by atoms with van der Waals surface area (Å²) in [6.45, 7) is 14.1. The average Bonchev–Trinajstić information content (AvgIpc) is 3.75. The maximum Gasteiger partial charge on any atom is 0.0415 e. The predicted molar refractivity (Wildman–Crippen MR) is 226 cm³/mol. The summed E-state index contributed by atoms with van der Waals surface area (Å²) in [6.07, 6.45) is 4.98. The summed E-state index contributed by atoms with van der Waals surface area (Å²) in [5.41, 5.74) is 15.9. The third-order valence-electron chi connectivity index (χ3n) is 12.2. The monoisotopic (exact) mass is 684 g/mol. The van der Waals surface area contributed by atoms with Crippen LogP contribution in [-0.4, -0.2) is 0 Å². The highest BCUT2D eigenvalue weighted by Crippen LogP contribution is 2.64. The quantitative estimate of drug-likeness (QED) is 0.169. The second-order valence-corrected chi connectivity index (χ2v) is 17.3. The molecular formula is C53H48. The lowest BCUT2D eigenvalue weighted by molar-refractivity contribution is 0.415. The van der Waals surface area contributed by atoms with Crippen LogP contribution in [0.25, 0.3) is 39.1 Å². The van der Waals surface area contributed by atoms with Crippen LogP contribution in [0.1, 0.15) is 97.9 Å². The van der Waals surface area contributed by atoms with Crippen LogP contribution < -0.4 is 0 Å². The van der Waals surface area contributed by atoms with Gasteiger partial charge in [-0.2, -0.15) is 0 Å². The molecule has 53 heavy (non-hydrogen) atoms. The Morgan fingerprint density at radius 1 is 0.396 bits per heavy atom. The van der Waals surface area contributed by atoms with Crippen LogP contribution in [-0.2, 0) is 16.2 Å². The summed E-state index contributed by atoms with van der Waals surface area (Å²) in [5.74, 6) is 0.126. The molecule has 0 heteroatoms. The van der Waals surface area contributed by atoms with Crippen molar-refractivity contribution >= 4 is 16.8 Å². The highest BCUT2D eigenvalue weighted by atomic mass is 14.5. The second-order valence-electron chi connectivity index (χ2n) is 17.3. The highest BCUT2D eigenvalue weighted by Gasteiger charge is 2.53.